The van der Waals surface area contributed by atoms with Crippen LogP contribution < -0.4 is 10.6 Å². The minimum atomic E-state index is -4.82. The van der Waals surface area contributed by atoms with Gasteiger partial charge in [0.15, 0.2) is 17.3 Å². The van der Waals surface area contributed by atoms with Crippen molar-refractivity contribution in [1.29, 1.82) is 5.41 Å². The van der Waals surface area contributed by atoms with Crippen LogP contribution in [-0.2, 0) is 20.6 Å². The predicted octanol–water partition coefficient (Wildman–Crippen LogP) is 7.58. The standard InChI is InChI=1S/C35H35ClF8N10O3/c1-18(34(39,40)41)48-30(56)57-15-25(20-7-10-22(36)24(13-20)54-27(26(37)38)46-17-47-54)53-28(55)33(49-29(53)45,16-31(2,3)4)21-8-5-19(6-9-21)23-14-52(51-50-23)32(11-12-32)35(42,43)44/h5-10,13-14,17-18,25-26H,11-12,15-16H2,1-4H3,(H2,45,49)(H,48,56)/t18-,25+,33+/m0/s1. The van der Waals surface area contributed by atoms with Crippen LogP contribution >= 0.6 is 11.6 Å². The van der Waals surface area contributed by atoms with E-state index in [4.69, 9.17) is 21.7 Å². The van der Waals surface area contributed by atoms with Crippen molar-refractivity contribution in [3.63, 3.8) is 0 Å². The summed E-state index contributed by atoms with van der Waals surface area (Å²) in [6.07, 6.45) is -12.1. The quantitative estimate of drug-likeness (QED) is 0.131. The lowest BCUT2D eigenvalue weighted by molar-refractivity contribution is -0.183. The highest BCUT2D eigenvalue weighted by atomic mass is 35.5. The molecule has 6 rings (SSSR count). The second-order valence-corrected chi connectivity index (χ2v) is 15.4. The largest absolute Gasteiger partial charge is 0.447 e. The molecule has 2 aromatic heterocycles. The van der Waals surface area contributed by atoms with Gasteiger partial charge in [0.1, 0.15) is 30.2 Å². The summed E-state index contributed by atoms with van der Waals surface area (Å²) < 4.78 is 115. The molecule has 3 N–H and O–H groups in total. The lowest BCUT2D eigenvalue weighted by Gasteiger charge is -2.35. The molecule has 0 unspecified atom stereocenters. The molecule has 1 aliphatic heterocycles. The van der Waals surface area contributed by atoms with E-state index >= 15 is 0 Å². The molecule has 2 fully saturated rings. The van der Waals surface area contributed by atoms with E-state index in [0.29, 0.717) is 18.1 Å². The van der Waals surface area contributed by atoms with E-state index in [1.165, 1.54) is 48.7 Å². The Morgan fingerprint density at radius 2 is 1.74 bits per heavy atom. The normalized spacial score (nSPS) is 19.4. The summed E-state index contributed by atoms with van der Waals surface area (Å²) in [6.45, 7) is 5.34. The van der Waals surface area contributed by atoms with Gasteiger partial charge in [-0.05, 0) is 54.9 Å². The number of aromatic nitrogens is 6. The molecule has 2 amide bonds. The van der Waals surface area contributed by atoms with Gasteiger partial charge in [0.2, 0.25) is 0 Å². The third kappa shape index (κ3) is 7.97. The number of hydrogen-bond donors (Lipinski definition) is 3. The fraction of sp³-hybridized carbons (Fsp3) is 0.457. The molecule has 13 nitrogen and oxygen atoms in total. The molecule has 1 aliphatic carbocycles. The van der Waals surface area contributed by atoms with Crippen molar-refractivity contribution in [2.75, 3.05) is 6.61 Å². The highest BCUT2D eigenvalue weighted by Gasteiger charge is 2.66. The summed E-state index contributed by atoms with van der Waals surface area (Å²) >= 11 is 6.38. The highest BCUT2D eigenvalue weighted by Crippen LogP contribution is 2.55. The molecule has 3 heterocycles. The Balaban J connectivity index is 1.38. The maximum atomic E-state index is 14.9. The van der Waals surface area contributed by atoms with Crippen molar-refractivity contribution >= 4 is 29.6 Å². The van der Waals surface area contributed by atoms with Crippen LogP contribution in [0.15, 0.2) is 55.0 Å². The zero-order valence-electron chi connectivity index (χ0n) is 30.5. The first-order chi connectivity index (χ1) is 26.5. The Labute approximate surface area is 324 Å². The number of nitrogens with one attached hydrogen (secondary N) is 3. The maximum Gasteiger partial charge on any atom is 0.413 e. The number of rotatable bonds is 11. The Morgan fingerprint density at radius 3 is 2.32 bits per heavy atom. The first-order valence-corrected chi connectivity index (χ1v) is 17.6. The van der Waals surface area contributed by atoms with Crippen LogP contribution in [0.5, 0.6) is 0 Å². The van der Waals surface area contributed by atoms with Gasteiger partial charge in [0, 0.05) is 5.56 Å². The number of hydrogen-bond acceptors (Lipinski definition) is 8. The van der Waals surface area contributed by atoms with Crippen molar-refractivity contribution in [2.24, 2.45) is 5.41 Å². The van der Waals surface area contributed by atoms with Gasteiger partial charge in [-0.2, -0.15) is 31.4 Å². The minimum Gasteiger partial charge on any atom is -0.447 e. The average molecular weight is 831 g/mol. The van der Waals surface area contributed by atoms with Crippen LogP contribution in [0.4, 0.5) is 39.9 Å². The fourth-order valence-electron chi connectivity index (χ4n) is 6.68. The number of halogens is 9. The van der Waals surface area contributed by atoms with Gasteiger partial charge in [-0.1, -0.05) is 67.9 Å². The molecule has 0 spiro atoms. The molecular weight excluding hydrogens is 796 g/mol. The molecule has 22 heteroatoms. The topological polar surface area (TPSA) is 156 Å². The van der Waals surface area contributed by atoms with Crippen LogP contribution in [0.1, 0.15) is 76.4 Å². The Bertz CT molecular complexity index is 2160. The number of amides is 2. The number of nitrogens with zero attached hydrogens (tertiary/aromatic N) is 7. The number of alkyl halides is 8. The first kappa shape index (κ1) is 41.3. The molecule has 1 saturated carbocycles. The maximum absolute atomic E-state index is 14.9. The van der Waals surface area contributed by atoms with E-state index in [1.807, 2.05) is 20.8 Å². The highest BCUT2D eigenvalue weighted by molar-refractivity contribution is 6.32. The lowest BCUT2D eigenvalue weighted by atomic mass is 9.75. The van der Waals surface area contributed by atoms with Crippen molar-refractivity contribution in [1.82, 2.24) is 45.3 Å². The molecule has 306 valence electrons. The van der Waals surface area contributed by atoms with Crippen LogP contribution in [0.25, 0.3) is 16.9 Å². The Hall–Kier alpha value is -5.34. The smallest absolute Gasteiger partial charge is 0.413 e. The van der Waals surface area contributed by atoms with E-state index in [2.05, 4.69) is 25.7 Å². The molecule has 2 aromatic carbocycles. The predicted molar refractivity (Wildman–Crippen MR) is 186 cm³/mol. The number of carbonyl (C=O) groups is 2. The molecule has 0 radical (unpaired) electrons. The Morgan fingerprint density at radius 1 is 1.07 bits per heavy atom. The van der Waals surface area contributed by atoms with E-state index in [9.17, 15) is 44.7 Å². The summed E-state index contributed by atoms with van der Waals surface area (Å²) in [5, 5.41) is 25.1. The van der Waals surface area contributed by atoms with Gasteiger partial charge in [-0.25, -0.2) is 27.9 Å². The monoisotopic (exact) mass is 830 g/mol. The van der Waals surface area contributed by atoms with Crippen LogP contribution in [-0.4, -0.2) is 77.6 Å². The van der Waals surface area contributed by atoms with Gasteiger partial charge >= 0.3 is 18.4 Å². The molecule has 0 bridgehead atoms. The molecule has 4 aromatic rings. The zero-order valence-corrected chi connectivity index (χ0v) is 31.3. The second-order valence-electron chi connectivity index (χ2n) is 15.0. The van der Waals surface area contributed by atoms with Gasteiger partial charge < -0.3 is 15.4 Å². The third-order valence-corrected chi connectivity index (χ3v) is 9.99. The van der Waals surface area contributed by atoms with E-state index < -0.39 is 77.7 Å². The molecule has 3 atom stereocenters. The number of alkyl carbamates (subject to hydrolysis) is 1. The van der Waals surface area contributed by atoms with Crippen molar-refractivity contribution in [2.45, 2.75) is 88.9 Å². The van der Waals surface area contributed by atoms with E-state index in [0.717, 1.165) is 20.6 Å². The van der Waals surface area contributed by atoms with Crippen LogP contribution in [0, 0.1) is 10.8 Å². The summed E-state index contributed by atoms with van der Waals surface area (Å²) in [7, 11) is 0. The zero-order chi connectivity index (χ0) is 41.9. The van der Waals surface area contributed by atoms with Crippen LogP contribution in [0.3, 0.4) is 0 Å². The SMILES string of the molecule is C[C@H](NC(=O)OC[C@H](c1ccc(Cl)c(-n2ncnc2C(F)F)c1)N1C(=N)N[C@](CC(C)(C)C)(c2ccc(-c3cn(C4(C(F)(F)F)CC4)nn3)cc2)C1=O)C(F)(F)F. The van der Waals surface area contributed by atoms with E-state index in [1.54, 1.807) is 5.32 Å². The summed E-state index contributed by atoms with van der Waals surface area (Å²) in [5.41, 5.74) is -3.69. The van der Waals surface area contributed by atoms with Crippen molar-refractivity contribution < 1.29 is 49.4 Å². The minimum absolute atomic E-state index is 0.0427. The second kappa shape index (κ2) is 14.6. The Kier molecular flexibility index (Phi) is 10.5. The summed E-state index contributed by atoms with van der Waals surface area (Å²) in [5.74, 6) is -2.05. The summed E-state index contributed by atoms with van der Waals surface area (Å²) in [4.78, 5) is 32.0. The first-order valence-electron chi connectivity index (χ1n) is 17.3. The molecule has 2 aliphatic rings. The van der Waals surface area contributed by atoms with Crippen molar-refractivity contribution in [3.05, 3.63) is 77.0 Å². The molecular formula is C35H35ClF8N10O3. The number of ether oxygens (including phenoxy) is 1. The third-order valence-electron chi connectivity index (χ3n) is 9.67. The molecule has 57 heavy (non-hydrogen) atoms. The summed E-state index contributed by atoms with van der Waals surface area (Å²) in [6, 6.07) is 6.22. The van der Waals surface area contributed by atoms with E-state index in [-0.39, 0.29) is 41.2 Å². The van der Waals surface area contributed by atoms with Crippen LogP contribution in [0.2, 0.25) is 5.02 Å². The number of carbonyl (C=O) groups excluding carboxylic acids is 2. The number of guanidine groups is 1. The molecule has 1 saturated heterocycles. The van der Waals surface area contributed by atoms with Gasteiger partial charge in [0.25, 0.3) is 12.3 Å². The van der Waals surface area contributed by atoms with Gasteiger partial charge in [-0.15, -0.1) is 5.10 Å². The average Bonchev–Trinajstić information content (AvgIpc) is 3.43. The van der Waals surface area contributed by atoms with Gasteiger partial charge in [0.05, 0.1) is 22.9 Å². The number of benzene rings is 2. The fourth-order valence-corrected chi connectivity index (χ4v) is 6.88. The lowest BCUT2D eigenvalue weighted by Crippen LogP contribution is -2.47. The van der Waals surface area contributed by atoms with Gasteiger partial charge in [-0.3, -0.25) is 15.1 Å². The van der Waals surface area contributed by atoms with Crippen molar-refractivity contribution in [3.8, 4) is 16.9 Å².